The van der Waals surface area contributed by atoms with Gasteiger partial charge in [-0.1, -0.05) is 36.9 Å². The second-order valence-corrected chi connectivity index (χ2v) is 6.05. The van der Waals surface area contributed by atoms with Crippen molar-refractivity contribution in [3.63, 3.8) is 0 Å². The van der Waals surface area contributed by atoms with Crippen LogP contribution in [-0.4, -0.2) is 16.2 Å². The quantitative estimate of drug-likeness (QED) is 0.503. The molecule has 0 heterocycles. The SMILES string of the molecule is C=CC[S+]([O-])c1ccc(NC(=O)/C=C\c2ccccc2)cc1. The number of anilines is 1. The Bertz CT molecular complexity index is 651. The van der Waals surface area contributed by atoms with Crippen LogP contribution in [0.4, 0.5) is 5.69 Å². The van der Waals surface area contributed by atoms with Gasteiger partial charge in [-0.15, -0.1) is 0 Å². The van der Waals surface area contributed by atoms with E-state index in [1.54, 1.807) is 36.4 Å². The van der Waals surface area contributed by atoms with Gasteiger partial charge in [0.15, 0.2) is 4.90 Å². The van der Waals surface area contributed by atoms with Crippen molar-refractivity contribution in [2.45, 2.75) is 4.90 Å². The molecule has 112 valence electrons. The number of benzene rings is 2. The Morgan fingerprint density at radius 2 is 1.82 bits per heavy atom. The van der Waals surface area contributed by atoms with Crippen LogP contribution >= 0.6 is 0 Å². The molecule has 2 aromatic carbocycles. The van der Waals surface area contributed by atoms with Gasteiger partial charge in [0.1, 0.15) is 5.75 Å². The van der Waals surface area contributed by atoms with Crippen LogP contribution < -0.4 is 5.32 Å². The lowest BCUT2D eigenvalue weighted by atomic mass is 10.2. The van der Waals surface area contributed by atoms with Crippen LogP contribution in [0.3, 0.4) is 0 Å². The van der Waals surface area contributed by atoms with Crippen LogP contribution in [0.1, 0.15) is 5.56 Å². The molecule has 0 aliphatic heterocycles. The molecular formula is C18H17NO2S. The summed E-state index contributed by atoms with van der Waals surface area (Å²) in [7, 11) is 0. The first kappa shape index (κ1) is 16.1. The summed E-state index contributed by atoms with van der Waals surface area (Å²) in [4.78, 5) is 12.6. The molecule has 22 heavy (non-hydrogen) atoms. The molecular weight excluding hydrogens is 294 g/mol. The van der Waals surface area contributed by atoms with Crippen molar-refractivity contribution in [3.05, 3.63) is 78.9 Å². The predicted molar refractivity (Wildman–Crippen MR) is 92.0 cm³/mol. The maximum Gasteiger partial charge on any atom is 0.248 e. The van der Waals surface area contributed by atoms with Crippen LogP contribution in [0.25, 0.3) is 6.08 Å². The molecule has 0 saturated heterocycles. The van der Waals surface area contributed by atoms with Crippen LogP contribution in [0.2, 0.25) is 0 Å². The van der Waals surface area contributed by atoms with E-state index < -0.39 is 11.2 Å². The van der Waals surface area contributed by atoms with Gasteiger partial charge in [-0.25, -0.2) is 0 Å². The first-order chi connectivity index (χ1) is 10.7. The zero-order valence-electron chi connectivity index (χ0n) is 12.1. The maximum atomic E-state index is 11.8. The van der Waals surface area contributed by atoms with Gasteiger partial charge >= 0.3 is 0 Å². The minimum Gasteiger partial charge on any atom is -0.611 e. The number of hydrogen-bond acceptors (Lipinski definition) is 2. The molecule has 0 bridgehead atoms. The summed E-state index contributed by atoms with van der Waals surface area (Å²) in [5, 5.41) is 2.77. The maximum absolute atomic E-state index is 11.8. The van der Waals surface area contributed by atoms with Gasteiger partial charge in [-0.3, -0.25) is 4.79 Å². The Kier molecular flexibility index (Phi) is 6.01. The van der Waals surface area contributed by atoms with Gasteiger partial charge in [-0.2, -0.15) is 0 Å². The lowest BCUT2D eigenvalue weighted by Crippen LogP contribution is -2.08. The molecule has 0 radical (unpaired) electrons. The smallest absolute Gasteiger partial charge is 0.248 e. The van der Waals surface area contributed by atoms with Crippen LogP contribution in [-0.2, 0) is 16.0 Å². The summed E-state index contributed by atoms with van der Waals surface area (Å²) in [5.41, 5.74) is 1.63. The molecule has 0 aromatic heterocycles. The molecule has 1 N–H and O–H groups in total. The van der Waals surface area contributed by atoms with E-state index in [0.717, 1.165) is 10.5 Å². The zero-order valence-corrected chi connectivity index (χ0v) is 12.9. The van der Waals surface area contributed by atoms with E-state index in [1.165, 1.54) is 6.08 Å². The summed E-state index contributed by atoms with van der Waals surface area (Å²) in [6.07, 6.45) is 4.86. The van der Waals surface area contributed by atoms with E-state index in [-0.39, 0.29) is 5.91 Å². The van der Waals surface area contributed by atoms with Crippen molar-refractivity contribution < 1.29 is 9.35 Å². The third-order valence-electron chi connectivity index (χ3n) is 2.88. The van der Waals surface area contributed by atoms with E-state index in [0.29, 0.717) is 11.4 Å². The van der Waals surface area contributed by atoms with Crippen LogP contribution in [0, 0.1) is 0 Å². The molecule has 1 unspecified atom stereocenters. The van der Waals surface area contributed by atoms with Gasteiger partial charge < -0.3 is 9.87 Å². The normalized spacial score (nSPS) is 12.0. The monoisotopic (exact) mass is 311 g/mol. The fourth-order valence-corrected chi connectivity index (χ4v) is 2.66. The molecule has 0 saturated carbocycles. The molecule has 0 fully saturated rings. The lowest BCUT2D eigenvalue weighted by molar-refractivity contribution is -0.111. The molecule has 1 amide bonds. The molecule has 2 aromatic rings. The number of rotatable bonds is 6. The van der Waals surface area contributed by atoms with E-state index in [4.69, 9.17) is 0 Å². The van der Waals surface area contributed by atoms with E-state index in [1.807, 2.05) is 30.3 Å². The highest BCUT2D eigenvalue weighted by Gasteiger charge is 2.08. The van der Waals surface area contributed by atoms with Crippen molar-refractivity contribution in [1.29, 1.82) is 0 Å². The topological polar surface area (TPSA) is 52.2 Å². The van der Waals surface area contributed by atoms with Crippen molar-refractivity contribution in [2.75, 3.05) is 11.1 Å². The van der Waals surface area contributed by atoms with Gasteiger partial charge in [0.2, 0.25) is 5.91 Å². The first-order valence-corrected chi connectivity index (χ1v) is 8.14. The molecule has 0 spiro atoms. The summed E-state index contributed by atoms with van der Waals surface area (Å²) in [6.45, 7) is 3.57. The van der Waals surface area contributed by atoms with Crippen LogP contribution in [0.5, 0.6) is 0 Å². The third kappa shape index (κ3) is 4.91. The van der Waals surface area contributed by atoms with E-state index in [2.05, 4.69) is 11.9 Å². The highest BCUT2D eigenvalue weighted by molar-refractivity contribution is 7.91. The largest absolute Gasteiger partial charge is 0.611 e. The van der Waals surface area contributed by atoms with E-state index in [9.17, 15) is 9.35 Å². The molecule has 3 nitrogen and oxygen atoms in total. The van der Waals surface area contributed by atoms with Gasteiger partial charge in [0.05, 0.1) is 0 Å². The highest BCUT2D eigenvalue weighted by Crippen LogP contribution is 2.15. The Hall–Kier alpha value is -2.30. The summed E-state index contributed by atoms with van der Waals surface area (Å²) >= 11 is -1.08. The number of carbonyl (C=O) groups excluding carboxylic acids is 1. The second kappa shape index (κ2) is 8.22. The number of carbonyl (C=O) groups is 1. The lowest BCUT2D eigenvalue weighted by Gasteiger charge is -2.08. The summed E-state index contributed by atoms with van der Waals surface area (Å²) in [6, 6.07) is 16.6. The van der Waals surface area contributed by atoms with Gasteiger partial charge in [0, 0.05) is 11.8 Å². The average molecular weight is 311 g/mol. The Morgan fingerprint density at radius 3 is 2.45 bits per heavy atom. The minimum atomic E-state index is -1.08. The molecule has 0 aliphatic carbocycles. The van der Waals surface area contributed by atoms with Gasteiger partial charge in [0.25, 0.3) is 0 Å². The number of nitrogens with one attached hydrogen (secondary N) is 1. The number of amides is 1. The molecule has 2 rings (SSSR count). The third-order valence-corrected chi connectivity index (χ3v) is 4.22. The fourth-order valence-electron chi connectivity index (χ4n) is 1.81. The average Bonchev–Trinajstić information content (AvgIpc) is 2.55. The summed E-state index contributed by atoms with van der Waals surface area (Å²) < 4.78 is 11.8. The first-order valence-electron chi connectivity index (χ1n) is 6.82. The Morgan fingerprint density at radius 1 is 1.14 bits per heavy atom. The molecule has 1 atom stereocenters. The molecule has 4 heteroatoms. The second-order valence-electron chi connectivity index (χ2n) is 4.56. The minimum absolute atomic E-state index is 0.205. The Labute approximate surface area is 133 Å². The van der Waals surface area contributed by atoms with Crippen molar-refractivity contribution >= 4 is 28.8 Å². The molecule has 0 aliphatic rings. The van der Waals surface area contributed by atoms with Gasteiger partial charge in [-0.05, 0) is 53.2 Å². The van der Waals surface area contributed by atoms with Crippen molar-refractivity contribution in [3.8, 4) is 0 Å². The predicted octanol–water partition coefficient (Wildman–Crippen LogP) is 3.63. The summed E-state index contributed by atoms with van der Waals surface area (Å²) in [5.74, 6) is 0.217. The zero-order chi connectivity index (χ0) is 15.8. The van der Waals surface area contributed by atoms with Crippen molar-refractivity contribution in [1.82, 2.24) is 0 Å². The fraction of sp³-hybridized carbons (Fsp3) is 0.0556. The standard InChI is InChI=1S/C18H17NO2S/c1-2-14-22(21)17-11-9-16(10-12-17)19-18(20)13-8-15-6-4-3-5-7-15/h2-13H,1,14H2,(H,19,20)/b13-8-. The van der Waals surface area contributed by atoms with E-state index >= 15 is 0 Å². The highest BCUT2D eigenvalue weighted by atomic mass is 32.2. The Balaban J connectivity index is 1.94. The number of hydrogen-bond donors (Lipinski definition) is 1. The van der Waals surface area contributed by atoms with Crippen molar-refractivity contribution in [2.24, 2.45) is 0 Å². The van der Waals surface area contributed by atoms with Crippen LogP contribution in [0.15, 0.2) is 78.2 Å².